The van der Waals surface area contributed by atoms with Gasteiger partial charge in [0.15, 0.2) is 11.5 Å². The summed E-state index contributed by atoms with van der Waals surface area (Å²) < 4.78 is 1.92. The van der Waals surface area contributed by atoms with E-state index in [2.05, 4.69) is 27.5 Å². The lowest BCUT2D eigenvalue weighted by Gasteiger charge is -2.22. The van der Waals surface area contributed by atoms with Gasteiger partial charge in [0.25, 0.3) is 0 Å². The number of carbonyl (C=O) groups excluding carboxylic acids is 1. The van der Waals surface area contributed by atoms with Crippen molar-refractivity contribution in [3.63, 3.8) is 0 Å². The van der Waals surface area contributed by atoms with Crippen molar-refractivity contribution in [3.05, 3.63) is 18.6 Å². The average Bonchev–Trinajstić information content (AvgIpc) is 2.97. The number of aromatic nitrogens is 3. The molecule has 1 amide bonds. The van der Waals surface area contributed by atoms with Crippen LogP contribution in [0.3, 0.4) is 0 Å². The fourth-order valence-electron chi connectivity index (χ4n) is 2.05. The van der Waals surface area contributed by atoms with Crippen LogP contribution in [0.15, 0.2) is 18.6 Å². The highest BCUT2D eigenvalue weighted by molar-refractivity contribution is 5.82. The second kappa shape index (κ2) is 6.92. The molecule has 2 aromatic heterocycles. The van der Waals surface area contributed by atoms with Gasteiger partial charge < -0.3 is 19.9 Å². The number of nitrogens with zero attached hydrogens (tertiary/aromatic N) is 4. The lowest BCUT2D eigenvalue weighted by atomic mass is 10.4. The SMILES string of the molecule is CCCNc1cn2ccnc2c(N(CC)CC(=O)NC)n1. The number of imidazole rings is 1. The van der Waals surface area contributed by atoms with Crippen LogP contribution in [0.5, 0.6) is 0 Å². The van der Waals surface area contributed by atoms with Gasteiger partial charge in [-0.05, 0) is 13.3 Å². The molecular formula is C14H22N6O. The summed E-state index contributed by atoms with van der Waals surface area (Å²) in [6.45, 7) is 5.90. The first-order chi connectivity index (χ1) is 10.2. The van der Waals surface area contributed by atoms with Crippen molar-refractivity contribution >= 4 is 23.2 Å². The summed E-state index contributed by atoms with van der Waals surface area (Å²) in [5, 5.41) is 5.92. The van der Waals surface area contributed by atoms with Crippen LogP contribution in [0.2, 0.25) is 0 Å². The zero-order valence-corrected chi connectivity index (χ0v) is 12.8. The minimum Gasteiger partial charge on any atom is -0.369 e. The Bertz CT molecular complexity index is 609. The molecule has 2 heterocycles. The smallest absolute Gasteiger partial charge is 0.239 e. The number of anilines is 2. The Kier molecular flexibility index (Phi) is 4.97. The molecule has 7 nitrogen and oxygen atoms in total. The van der Waals surface area contributed by atoms with Crippen LogP contribution in [-0.2, 0) is 4.79 Å². The largest absolute Gasteiger partial charge is 0.369 e. The maximum absolute atomic E-state index is 11.7. The van der Waals surface area contributed by atoms with Gasteiger partial charge >= 0.3 is 0 Å². The van der Waals surface area contributed by atoms with Crippen LogP contribution < -0.4 is 15.5 Å². The summed E-state index contributed by atoms with van der Waals surface area (Å²) in [6.07, 6.45) is 6.55. The number of amides is 1. The third-order valence-corrected chi connectivity index (χ3v) is 3.21. The predicted octanol–water partition coefficient (Wildman–Crippen LogP) is 1.12. The molecule has 2 N–H and O–H groups in total. The second-order valence-corrected chi connectivity index (χ2v) is 4.72. The van der Waals surface area contributed by atoms with Gasteiger partial charge in [-0.1, -0.05) is 6.92 Å². The van der Waals surface area contributed by atoms with Crippen LogP contribution >= 0.6 is 0 Å². The van der Waals surface area contributed by atoms with Gasteiger partial charge in [0.05, 0.1) is 12.7 Å². The van der Waals surface area contributed by atoms with Gasteiger partial charge in [0.2, 0.25) is 5.91 Å². The van der Waals surface area contributed by atoms with Crippen molar-refractivity contribution in [1.82, 2.24) is 19.7 Å². The molecule has 7 heteroatoms. The van der Waals surface area contributed by atoms with E-state index in [1.807, 2.05) is 28.6 Å². The van der Waals surface area contributed by atoms with E-state index >= 15 is 0 Å². The Morgan fingerprint density at radius 2 is 2.24 bits per heavy atom. The molecular weight excluding hydrogens is 268 g/mol. The van der Waals surface area contributed by atoms with Crippen molar-refractivity contribution in [3.8, 4) is 0 Å². The first kappa shape index (κ1) is 15.1. The predicted molar refractivity (Wildman–Crippen MR) is 83.7 cm³/mol. The van der Waals surface area contributed by atoms with Gasteiger partial charge in [0, 0.05) is 32.5 Å². The van der Waals surface area contributed by atoms with Gasteiger partial charge in [-0.15, -0.1) is 0 Å². The van der Waals surface area contributed by atoms with E-state index in [9.17, 15) is 4.79 Å². The highest BCUT2D eigenvalue weighted by Gasteiger charge is 2.16. The zero-order chi connectivity index (χ0) is 15.2. The fourth-order valence-corrected chi connectivity index (χ4v) is 2.05. The molecule has 0 aromatic carbocycles. The Morgan fingerprint density at radius 1 is 1.43 bits per heavy atom. The molecule has 0 aliphatic carbocycles. The molecule has 0 saturated carbocycles. The molecule has 0 bridgehead atoms. The van der Waals surface area contributed by atoms with Crippen molar-refractivity contribution in [1.29, 1.82) is 0 Å². The molecule has 2 rings (SSSR count). The highest BCUT2D eigenvalue weighted by Crippen LogP contribution is 2.20. The minimum atomic E-state index is -0.0460. The van der Waals surface area contributed by atoms with E-state index in [-0.39, 0.29) is 12.5 Å². The standard InChI is InChI=1S/C14H22N6O/c1-4-6-16-11-9-20-8-7-17-13(20)14(18-11)19(5-2)10-12(21)15-3/h7-9,16H,4-6,10H2,1-3H3,(H,15,21). The average molecular weight is 290 g/mol. The number of carbonyl (C=O) groups is 1. The van der Waals surface area contributed by atoms with Gasteiger partial charge in [-0.2, -0.15) is 0 Å². The monoisotopic (exact) mass is 290 g/mol. The summed E-state index contributed by atoms with van der Waals surface area (Å²) in [6, 6.07) is 0. The van der Waals surface area contributed by atoms with E-state index in [1.54, 1.807) is 13.2 Å². The lowest BCUT2D eigenvalue weighted by molar-refractivity contribution is -0.119. The van der Waals surface area contributed by atoms with Gasteiger partial charge in [-0.3, -0.25) is 4.79 Å². The van der Waals surface area contributed by atoms with Crippen LogP contribution in [0.1, 0.15) is 20.3 Å². The quantitative estimate of drug-likeness (QED) is 0.799. The maximum atomic E-state index is 11.7. The first-order valence-corrected chi connectivity index (χ1v) is 7.22. The Hall–Kier alpha value is -2.31. The number of fused-ring (bicyclic) bond motifs is 1. The van der Waals surface area contributed by atoms with Crippen LogP contribution in [-0.4, -0.2) is 47.0 Å². The third-order valence-electron chi connectivity index (χ3n) is 3.21. The third kappa shape index (κ3) is 3.42. The van der Waals surface area contributed by atoms with E-state index in [4.69, 9.17) is 0 Å². The topological polar surface area (TPSA) is 74.6 Å². The fraction of sp³-hybridized carbons (Fsp3) is 0.500. The molecule has 21 heavy (non-hydrogen) atoms. The molecule has 0 atom stereocenters. The summed E-state index contributed by atoms with van der Waals surface area (Å²) in [5.41, 5.74) is 0.753. The lowest BCUT2D eigenvalue weighted by Crippen LogP contribution is -2.36. The highest BCUT2D eigenvalue weighted by atomic mass is 16.1. The Labute approximate surface area is 124 Å². The number of hydrogen-bond donors (Lipinski definition) is 2. The number of rotatable bonds is 7. The molecule has 0 aliphatic heterocycles. The number of hydrogen-bond acceptors (Lipinski definition) is 5. The molecule has 2 aromatic rings. The molecule has 0 saturated heterocycles. The second-order valence-electron chi connectivity index (χ2n) is 4.72. The van der Waals surface area contributed by atoms with Crippen molar-refractivity contribution in [2.75, 3.05) is 36.9 Å². The van der Waals surface area contributed by atoms with Gasteiger partial charge in [0.1, 0.15) is 5.82 Å². The Balaban J connectivity index is 2.38. The van der Waals surface area contributed by atoms with E-state index in [0.29, 0.717) is 12.4 Å². The number of likely N-dealkylation sites (N-methyl/N-ethyl adjacent to an activating group) is 2. The van der Waals surface area contributed by atoms with E-state index in [1.165, 1.54) is 0 Å². The minimum absolute atomic E-state index is 0.0460. The summed E-state index contributed by atoms with van der Waals surface area (Å²) >= 11 is 0. The van der Waals surface area contributed by atoms with Gasteiger partial charge in [-0.25, -0.2) is 9.97 Å². The summed E-state index contributed by atoms with van der Waals surface area (Å²) in [7, 11) is 1.63. The molecule has 0 spiro atoms. The van der Waals surface area contributed by atoms with Crippen LogP contribution in [0, 0.1) is 0 Å². The Morgan fingerprint density at radius 3 is 2.90 bits per heavy atom. The number of nitrogens with one attached hydrogen (secondary N) is 2. The zero-order valence-electron chi connectivity index (χ0n) is 12.8. The van der Waals surface area contributed by atoms with E-state index in [0.717, 1.165) is 24.4 Å². The molecule has 0 unspecified atom stereocenters. The van der Waals surface area contributed by atoms with Crippen molar-refractivity contribution in [2.45, 2.75) is 20.3 Å². The van der Waals surface area contributed by atoms with E-state index < -0.39 is 0 Å². The molecule has 0 fully saturated rings. The normalized spacial score (nSPS) is 10.6. The molecule has 0 radical (unpaired) electrons. The molecule has 0 aliphatic rings. The van der Waals surface area contributed by atoms with Crippen molar-refractivity contribution in [2.24, 2.45) is 0 Å². The molecule has 114 valence electrons. The summed E-state index contributed by atoms with van der Waals surface area (Å²) in [4.78, 5) is 22.5. The van der Waals surface area contributed by atoms with Crippen molar-refractivity contribution < 1.29 is 4.79 Å². The first-order valence-electron chi connectivity index (χ1n) is 7.22. The van der Waals surface area contributed by atoms with Crippen LogP contribution in [0.25, 0.3) is 5.65 Å². The maximum Gasteiger partial charge on any atom is 0.239 e. The summed E-state index contributed by atoms with van der Waals surface area (Å²) in [5.74, 6) is 1.45. The van der Waals surface area contributed by atoms with Crippen LogP contribution in [0.4, 0.5) is 11.6 Å².